The molecule has 0 atom stereocenters. The van der Waals surface area contributed by atoms with E-state index in [0.717, 1.165) is 0 Å². The Labute approximate surface area is 108 Å². The number of amides is 1. The standard InChI is InChI=1S/C12H14F2N2O3/c13-12(14,6-15)7-16-11(17)8-2-1-3-9-10(8)19-5-4-18-9/h1-3H,4-7,15H2,(H,16,17). The zero-order valence-corrected chi connectivity index (χ0v) is 10.1. The van der Waals surface area contributed by atoms with Crippen molar-refractivity contribution in [3.63, 3.8) is 0 Å². The molecular weight excluding hydrogens is 258 g/mol. The molecule has 1 aliphatic heterocycles. The Morgan fingerprint density at radius 2 is 2.11 bits per heavy atom. The van der Waals surface area contributed by atoms with Gasteiger partial charge in [0.25, 0.3) is 11.8 Å². The van der Waals surface area contributed by atoms with Crippen LogP contribution < -0.4 is 20.5 Å². The van der Waals surface area contributed by atoms with Crippen LogP contribution in [0.1, 0.15) is 10.4 Å². The van der Waals surface area contributed by atoms with Crippen molar-refractivity contribution in [3.8, 4) is 11.5 Å². The monoisotopic (exact) mass is 272 g/mol. The molecule has 5 nitrogen and oxygen atoms in total. The number of hydrogen-bond donors (Lipinski definition) is 2. The van der Waals surface area contributed by atoms with Gasteiger partial charge in [-0.1, -0.05) is 6.07 Å². The number of halogens is 2. The number of para-hydroxylation sites is 1. The van der Waals surface area contributed by atoms with E-state index in [4.69, 9.17) is 15.2 Å². The van der Waals surface area contributed by atoms with Gasteiger partial charge in [-0.2, -0.15) is 0 Å². The molecule has 1 heterocycles. The first-order valence-corrected chi connectivity index (χ1v) is 5.78. The maximum atomic E-state index is 13.0. The van der Waals surface area contributed by atoms with Crippen molar-refractivity contribution in [2.45, 2.75) is 5.92 Å². The molecule has 0 spiro atoms. The largest absolute Gasteiger partial charge is 0.486 e. The van der Waals surface area contributed by atoms with E-state index in [2.05, 4.69) is 5.32 Å². The molecule has 104 valence electrons. The fourth-order valence-electron chi connectivity index (χ4n) is 1.63. The summed E-state index contributed by atoms with van der Waals surface area (Å²) in [7, 11) is 0. The molecule has 19 heavy (non-hydrogen) atoms. The summed E-state index contributed by atoms with van der Waals surface area (Å²) >= 11 is 0. The van der Waals surface area contributed by atoms with Crippen molar-refractivity contribution in [2.75, 3.05) is 26.3 Å². The van der Waals surface area contributed by atoms with E-state index >= 15 is 0 Å². The van der Waals surface area contributed by atoms with E-state index in [-0.39, 0.29) is 11.3 Å². The van der Waals surface area contributed by atoms with Crippen LogP contribution in [0.3, 0.4) is 0 Å². The number of fused-ring (bicyclic) bond motifs is 1. The fourth-order valence-corrected chi connectivity index (χ4v) is 1.63. The van der Waals surface area contributed by atoms with Crippen LogP contribution in [0.15, 0.2) is 18.2 Å². The van der Waals surface area contributed by atoms with Gasteiger partial charge in [-0.3, -0.25) is 4.79 Å². The van der Waals surface area contributed by atoms with E-state index in [1.54, 1.807) is 12.1 Å². The lowest BCUT2D eigenvalue weighted by Gasteiger charge is -2.21. The van der Waals surface area contributed by atoms with E-state index in [1.807, 2.05) is 0 Å². The van der Waals surface area contributed by atoms with Crippen LogP contribution in [0.5, 0.6) is 11.5 Å². The number of rotatable bonds is 4. The molecule has 0 unspecified atom stereocenters. The summed E-state index contributed by atoms with van der Waals surface area (Å²) in [4.78, 5) is 11.9. The van der Waals surface area contributed by atoms with Crippen LogP contribution >= 0.6 is 0 Å². The molecule has 1 aromatic carbocycles. The first-order chi connectivity index (χ1) is 9.03. The molecular formula is C12H14F2N2O3. The van der Waals surface area contributed by atoms with Gasteiger partial charge in [0.15, 0.2) is 11.5 Å². The molecule has 7 heteroatoms. The molecule has 0 saturated carbocycles. The summed E-state index contributed by atoms with van der Waals surface area (Å²) in [5, 5.41) is 2.14. The quantitative estimate of drug-likeness (QED) is 0.849. The van der Waals surface area contributed by atoms with E-state index in [9.17, 15) is 13.6 Å². The number of carbonyl (C=O) groups excluding carboxylic acids is 1. The first kappa shape index (κ1) is 13.5. The minimum absolute atomic E-state index is 0.171. The van der Waals surface area contributed by atoms with Gasteiger partial charge in [0.2, 0.25) is 0 Å². The van der Waals surface area contributed by atoms with E-state index in [0.29, 0.717) is 19.0 Å². The summed E-state index contributed by atoms with van der Waals surface area (Å²) in [6.07, 6.45) is 0. The minimum atomic E-state index is -3.12. The van der Waals surface area contributed by atoms with Crippen LogP contribution in [-0.2, 0) is 0 Å². The molecule has 0 bridgehead atoms. The molecule has 3 N–H and O–H groups in total. The fraction of sp³-hybridized carbons (Fsp3) is 0.417. The van der Waals surface area contributed by atoms with Crippen LogP contribution in [0.4, 0.5) is 8.78 Å². The molecule has 0 saturated heterocycles. The van der Waals surface area contributed by atoms with Crippen molar-refractivity contribution in [3.05, 3.63) is 23.8 Å². The second-order valence-electron chi connectivity index (χ2n) is 4.07. The summed E-state index contributed by atoms with van der Waals surface area (Å²) < 4.78 is 36.6. The Bertz CT molecular complexity index is 480. The van der Waals surface area contributed by atoms with Crippen molar-refractivity contribution in [2.24, 2.45) is 5.73 Å². The number of ether oxygens (including phenoxy) is 2. The molecule has 0 aromatic heterocycles. The number of hydrogen-bond acceptors (Lipinski definition) is 4. The molecule has 1 aromatic rings. The highest BCUT2D eigenvalue weighted by molar-refractivity contribution is 5.97. The molecule has 0 fully saturated rings. The first-order valence-electron chi connectivity index (χ1n) is 5.78. The zero-order valence-electron chi connectivity index (χ0n) is 10.1. The average Bonchev–Trinajstić information content (AvgIpc) is 2.44. The summed E-state index contributed by atoms with van der Waals surface area (Å²) in [6, 6.07) is 4.74. The summed E-state index contributed by atoms with van der Waals surface area (Å²) in [5.74, 6) is -3.05. The van der Waals surface area contributed by atoms with Gasteiger partial charge in [0.1, 0.15) is 13.2 Å². The van der Waals surface area contributed by atoms with Crippen LogP contribution in [0.2, 0.25) is 0 Å². The Morgan fingerprint density at radius 1 is 1.37 bits per heavy atom. The van der Waals surface area contributed by atoms with Gasteiger partial charge in [-0.15, -0.1) is 0 Å². The molecule has 2 rings (SSSR count). The molecule has 0 radical (unpaired) electrons. The third-order valence-corrected chi connectivity index (χ3v) is 2.62. The number of benzene rings is 1. The van der Waals surface area contributed by atoms with Crippen molar-refractivity contribution >= 4 is 5.91 Å². The van der Waals surface area contributed by atoms with Crippen LogP contribution in [0, 0.1) is 0 Å². The van der Waals surface area contributed by atoms with Gasteiger partial charge in [-0.05, 0) is 12.1 Å². The Morgan fingerprint density at radius 3 is 2.84 bits per heavy atom. The van der Waals surface area contributed by atoms with Gasteiger partial charge in [0, 0.05) is 0 Å². The lowest BCUT2D eigenvalue weighted by molar-refractivity contribution is 0.0118. The van der Waals surface area contributed by atoms with Crippen LogP contribution in [0.25, 0.3) is 0 Å². The van der Waals surface area contributed by atoms with Gasteiger partial charge in [-0.25, -0.2) is 8.78 Å². The molecule has 1 amide bonds. The topological polar surface area (TPSA) is 73.6 Å². The Hall–Kier alpha value is -1.89. The normalized spacial score (nSPS) is 14.1. The predicted molar refractivity (Wildman–Crippen MR) is 63.8 cm³/mol. The molecule has 0 aliphatic carbocycles. The number of nitrogens with one attached hydrogen (secondary N) is 1. The second kappa shape index (κ2) is 5.40. The van der Waals surface area contributed by atoms with E-state index in [1.165, 1.54) is 6.07 Å². The van der Waals surface area contributed by atoms with Crippen LogP contribution in [-0.4, -0.2) is 38.1 Å². The highest BCUT2D eigenvalue weighted by Gasteiger charge is 2.28. The number of carbonyl (C=O) groups is 1. The van der Waals surface area contributed by atoms with Gasteiger partial charge in [0.05, 0.1) is 18.7 Å². The second-order valence-corrected chi connectivity index (χ2v) is 4.07. The maximum Gasteiger partial charge on any atom is 0.277 e. The van der Waals surface area contributed by atoms with Crippen molar-refractivity contribution in [1.29, 1.82) is 0 Å². The smallest absolute Gasteiger partial charge is 0.277 e. The number of nitrogens with two attached hydrogens (primary N) is 1. The predicted octanol–water partition coefficient (Wildman–Crippen LogP) is 0.782. The lowest BCUT2D eigenvalue weighted by atomic mass is 10.1. The third kappa shape index (κ3) is 3.11. The third-order valence-electron chi connectivity index (χ3n) is 2.62. The summed E-state index contributed by atoms with van der Waals surface area (Å²) in [6.45, 7) is -0.924. The zero-order chi connectivity index (χ0) is 13.9. The maximum absolute atomic E-state index is 13.0. The highest BCUT2D eigenvalue weighted by Crippen LogP contribution is 2.33. The highest BCUT2D eigenvalue weighted by atomic mass is 19.3. The van der Waals surface area contributed by atoms with Crippen molar-refractivity contribution < 1.29 is 23.0 Å². The SMILES string of the molecule is NCC(F)(F)CNC(=O)c1cccc2c1OCCO2. The Balaban J connectivity index is 2.11. The lowest BCUT2D eigenvalue weighted by Crippen LogP contribution is -2.41. The number of alkyl halides is 2. The van der Waals surface area contributed by atoms with Gasteiger partial charge >= 0.3 is 0 Å². The minimum Gasteiger partial charge on any atom is -0.486 e. The molecule has 1 aliphatic rings. The van der Waals surface area contributed by atoms with Crippen molar-refractivity contribution in [1.82, 2.24) is 5.32 Å². The summed E-state index contributed by atoms with van der Waals surface area (Å²) in [5.41, 5.74) is 5.07. The average molecular weight is 272 g/mol. The van der Waals surface area contributed by atoms with E-state index < -0.39 is 24.9 Å². The Kier molecular flexibility index (Phi) is 3.84. The van der Waals surface area contributed by atoms with Gasteiger partial charge < -0.3 is 20.5 Å².